The quantitative estimate of drug-likeness (QED) is 0.571. The van der Waals surface area contributed by atoms with Crippen LogP contribution in [0.25, 0.3) is 0 Å². The Labute approximate surface area is 134 Å². The average Bonchev–Trinajstić information content (AvgIpc) is 2.36. The molecule has 0 aliphatic heterocycles. The maximum absolute atomic E-state index is 5.81. The number of aromatic nitrogens is 1. The molecule has 0 fully saturated rings. The number of pyridine rings is 1. The fourth-order valence-corrected chi connectivity index (χ4v) is 2.48. The SMILES string of the molecule is Cc1cc(C)c(C(N)=S)c(NCCCCN(C)C(C)C)n1. The lowest BCUT2D eigenvalue weighted by Gasteiger charge is -2.20. The normalized spacial score (nSPS) is 11.2. The van der Waals surface area contributed by atoms with Gasteiger partial charge in [0, 0.05) is 18.3 Å². The zero-order chi connectivity index (χ0) is 16.0. The fraction of sp³-hybridized carbons (Fsp3) is 0.625. The van der Waals surface area contributed by atoms with Gasteiger partial charge < -0.3 is 16.0 Å². The summed E-state index contributed by atoms with van der Waals surface area (Å²) in [6, 6.07) is 2.61. The lowest BCUT2D eigenvalue weighted by Crippen LogP contribution is -2.27. The van der Waals surface area contributed by atoms with E-state index in [1.807, 2.05) is 19.9 Å². The Balaban J connectivity index is 2.54. The minimum Gasteiger partial charge on any atom is -0.389 e. The van der Waals surface area contributed by atoms with Crippen molar-refractivity contribution in [2.24, 2.45) is 5.73 Å². The monoisotopic (exact) mass is 308 g/mol. The van der Waals surface area contributed by atoms with E-state index in [-0.39, 0.29) is 0 Å². The summed E-state index contributed by atoms with van der Waals surface area (Å²) in [7, 11) is 2.16. The number of thiocarbonyl (C=S) groups is 1. The minimum atomic E-state index is 0.405. The Morgan fingerprint density at radius 3 is 2.62 bits per heavy atom. The van der Waals surface area contributed by atoms with E-state index >= 15 is 0 Å². The standard InChI is InChI=1S/C16H28N4S/c1-11(2)20(5)9-7-6-8-18-16-14(15(17)21)12(3)10-13(4)19-16/h10-11H,6-9H2,1-5H3,(H2,17,21)(H,18,19). The molecule has 118 valence electrons. The largest absolute Gasteiger partial charge is 0.389 e. The van der Waals surface area contributed by atoms with Gasteiger partial charge >= 0.3 is 0 Å². The lowest BCUT2D eigenvalue weighted by molar-refractivity contribution is 0.269. The molecule has 1 aromatic heterocycles. The van der Waals surface area contributed by atoms with E-state index < -0.39 is 0 Å². The van der Waals surface area contributed by atoms with Gasteiger partial charge in [0.15, 0.2) is 0 Å². The van der Waals surface area contributed by atoms with Gasteiger partial charge in [0.25, 0.3) is 0 Å². The number of nitrogens with one attached hydrogen (secondary N) is 1. The molecule has 0 aliphatic carbocycles. The molecule has 0 bridgehead atoms. The second-order valence-corrected chi connectivity index (χ2v) is 6.32. The number of hydrogen-bond acceptors (Lipinski definition) is 4. The van der Waals surface area contributed by atoms with Crippen LogP contribution in [0.1, 0.15) is 43.5 Å². The summed E-state index contributed by atoms with van der Waals surface area (Å²) >= 11 is 5.14. The predicted molar refractivity (Wildman–Crippen MR) is 95.1 cm³/mol. The summed E-state index contributed by atoms with van der Waals surface area (Å²) in [5.74, 6) is 0.817. The molecular weight excluding hydrogens is 280 g/mol. The van der Waals surface area contributed by atoms with Crippen LogP contribution in [0, 0.1) is 13.8 Å². The number of rotatable bonds is 8. The van der Waals surface area contributed by atoms with Gasteiger partial charge in [0.1, 0.15) is 10.8 Å². The maximum atomic E-state index is 5.81. The van der Waals surface area contributed by atoms with E-state index in [1.54, 1.807) is 0 Å². The molecule has 21 heavy (non-hydrogen) atoms. The topological polar surface area (TPSA) is 54.2 Å². The second-order valence-electron chi connectivity index (χ2n) is 5.88. The molecule has 0 saturated carbocycles. The highest BCUT2D eigenvalue weighted by Gasteiger charge is 2.11. The smallest absolute Gasteiger partial charge is 0.136 e. The summed E-state index contributed by atoms with van der Waals surface area (Å²) in [4.78, 5) is 7.29. The third-order valence-electron chi connectivity index (χ3n) is 3.70. The Morgan fingerprint density at radius 2 is 2.05 bits per heavy atom. The Hall–Kier alpha value is -1.20. The van der Waals surface area contributed by atoms with Crippen molar-refractivity contribution in [2.75, 3.05) is 25.5 Å². The number of hydrogen-bond donors (Lipinski definition) is 2. The van der Waals surface area contributed by atoms with E-state index in [9.17, 15) is 0 Å². The van der Waals surface area contributed by atoms with Gasteiger partial charge in [-0.25, -0.2) is 4.98 Å². The molecule has 0 saturated heterocycles. The molecule has 0 atom stereocenters. The van der Waals surface area contributed by atoms with Crippen molar-refractivity contribution in [1.29, 1.82) is 0 Å². The van der Waals surface area contributed by atoms with E-state index in [2.05, 4.69) is 36.1 Å². The van der Waals surface area contributed by atoms with Gasteiger partial charge in [-0.05, 0) is 65.8 Å². The van der Waals surface area contributed by atoms with E-state index in [1.165, 1.54) is 0 Å². The summed E-state index contributed by atoms with van der Waals surface area (Å²) in [5.41, 5.74) is 8.75. The number of nitrogens with zero attached hydrogens (tertiary/aromatic N) is 2. The molecular formula is C16H28N4S. The van der Waals surface area contributed by atoms with E-state index in [4.69, 9.17) is 18.0 Å². The van der Waals surface area contributed by atoms with Crippen molar-refractivity contribution in [3.05, 3.63) is 22.9 Å². The van der Waals surface area contributed by atoms with Gasteiger partial charge in [-0.3, -0.25) is 0 Å². The number of aryl methyl sites for hydroxylation is 2. The van der Waals surface area contributed by atoms with Crippen molar-refractivity contribution in [1.82, 2.24) is 9.88 Å². The van der Waals surface area contributed by atoms with Crippen molar-refractivity contribution < 1.29 is 0 Å². The van der Waals surface area contributed by atoms with Crippen LogP contribution in [0.4, 0.5) is 5.82 Å². The summed E-state index contributed by atoms with van der Waals surface area (Å²) in [6.45, 7) is 10.4. The van der Waals surface area contributed by atoms with Crippen LogP contribution in [0.5, 0.6) is 0 Å². The van der Waals surface area contributed by atoms with Crippen molar-refractivity contribution >= 4 is 23.0 Å². The first-order chi connectivity index (χ1) is 9.82. The lowest BCUT2D eigenvalue weighted by atomic mass is 10.1. The fourth-order valence-electron chi connectivity index (χ4n) is 2.23. The Bertz CT molecular complexity index is 485. The van der Waals surface area contributed by atoms with E-state index in [0.29, 0.717) is 11.0 Å². The molecule has 0 radical (unpaired) electrons. The second kappa shape index (κ2) is 8.29. The Kier molecular flexibility index (Phi) is 7.05. The molecule has 3 N–H and O–H groups in total. The third kappa shape index (κ3) is 5.59. The molecule has 0 amide bonds. The molecule has 1 rings (SSSR count). The molecule has 1 heterocycles. The molecule has 0 spiro atoms. The third-order valence-corrected chi connectivity index (χ3v) is 3.91. The van der Waals surface area contributed by atoms with Gasteiger partial charge in [0.05, 0.1) is 5.56 Å². The summed E-state index contributed by atoms with van der Waals surface area (Å²) in [5, 5.41) is 3.38. The molecule has 1 aromatic rings. The zero-order valence-electron chi connectivity index (χ0n) is 13.9. The first-order valence-electron chi connectivity index (χ1n) is 7.55. The zero-order valence-corrected chi connectivity index (χ0v) is 14.7. The molecule has 0 aliphatic rings. The molecule has 4 nitrogen and oxygen atoms in total. The van der Waals surface area contributed by atoms with Crippen molar-refractivity contribution in [3.63, 3.8) is 0 Å². The average molecular weight is 308 g/mol. The summed E-state index contributed by atoms with van der Waals surface area (Å²) < 4.78 is 0. The van der Waals surface area contributed by atoms with Gasteiger partial charge in [0.2, 0.25) is 0 Å². The van der Waals surface area contributed by atoms with Gasteiger partial charge in [-0.2, -0.15) is 0 Å². The van der Waals surface area contributed by atoms with E-state index in [0.717, 1.165) is 48.6 Å². The van der Waals surface area contributed by atoms with Crippen LogP contribution in [-0.2, 0) is 0 Å². The molecule has 0 aromatic carbocycles. The Morgan fingerprint density at radius 1 is 1.38 bits per heavy atom. The summed E-state index contributed by atoms with van der Waals surface area (Å²) in [6.07, 6.45) is 2.26. The number of unbranched alkanes of at least 4 members (excludes halogenated alkanes) is 1. The van der Waals surface area contributed by atoms with Crippen molar-refractivity contribution in [3.8, 4) is 0 Å². The van der Waals surface area contributed by atoms with Crippen LogP contribution in [0.15, 0.2) is 6.07 Å². The first kappa shape index (κ1) is 17.9. The highest BCUT2D eigenvalue weighted by molar-refractivity contribution is 7.80. The van der Waals surface area contributed by atoms with Crippen LogP contribution in [0.3, 0.4) is 0 Å². The predicted octanol–water partition coefficient (Wildman–Crippen LogP) is 2.86. The van der Waals surface area contributed by atoms with Gasteiger partial charge in [-0.15, -0.1) is 0 Å². The highest BCUT2D eigenvalue weighted by Crippen LogP contribution is 2.18. The highest BCUT2D eigenvalue weighted by atomic mass is 32.1. The number of anilines is 1. The molecule has 0 unspecified atom stereocenters. The van der Waals surface area contributed by atoms with Crippen LogP contribution < -0.4 is 11.1 Å². The van der Waals surface area contributed by atoms with Gasteiger partial charge in [-0.1, -0.05) is 12.2 Å². The van der Waals surface area contributed by atoms with Crippen LogP contribution in [-0.4, -0.2) is 41.1 Å². The minimum absolute atomic E-state index is 0.405. The number of nitrogens with two attached hydrogens (primary N) is 1. The first-order valence-corrected chi connectivity index (χ1v) is 7.96. The molecule has 5 heteroatoms. The van der Waals surface area contributed by atoms with Crippen molar-refractivity contribution in [2.45, 2.75) is 46.6 Å². The maximum Gasteiger partial charge on any atom is 0.136 e. The van der Waals surface area contributed by atoms with Crippen LogP contribution in [0.2, 0.25) is 0 Å². The van der Waals surface area contributed by atoms with Crippen LogP contribution >= 0.6 is 12.2 Å².